The van der Waals surface area contributed by atoms with Gasteiger partial charge in [0, 0.05) is 5.56 Å². The standard InChI is InChI=1S/C12H13NO2.C2H6/c1-12(8-13-9-14)7-6-10-4-2-3-5-11(10)15-12;1-2/h2-7,9H,8H2,1H3,(H,13,14);1-2H3. The van der Waals surface area contributed by atoms with Crippen molar-refractivity contribution in [3.05, 3.63) is 35.9 Å². The number of ether oxygens (including phenoxy) is 1. The van der Waals surface area contributed by atoms with E-state index in [-0.39, 0.29) is 0 Å². The van der Waals surface area contributed by atoms with E-state index in [1.807, 2.05) is 57.2 Å². The Balaban J connectivity index is 0.000000686. The van der Waals surface area contributed by atoms with Crippen molar-refractivity contribution in [2.75, 3.05) is 6.54 Å². The van der Waals surface area contributed by atoms with E-state index in [1.165, 1.54) is 0 Å². The SMILES string of the molecule is CC.CC1(CNC=O)C=Cc2ccccc2O1. The quantitative estimate of drug-likeness (QED) is 0.815. The van der Waals surface area contributed by atoms with Gasteiger partial charge in [-0.25, -0.2) is 0 Å². The van der Waals surface area contributed by atoms with E-state index in [0.29, 0.717) is 13.0 Å². The minimum absolute atomic E-state index is 0.449. The lowest BCUT2D eigenvalue weighted by molar-refractivity contribution is -0.110. The minimum Gasteiger partial charge on any atom is -0.481 e. The van der Waals surface area contributed by atoms with Crippen LogP contribution in [0.1, 0.15) is 26.3 Å². The molecule has 1 aromatic carbocycles. The Labute approximate surface area is 102 Å². The van der Waals surface area contributed by atoms with Crippen LogP contribution in [0, 0.1) is 0 Å². The highest BCUT2D eigenvalue weighted by atomic mass is 16.5. The van der Waals surface area contributed by atoms with Gasteiger partial charge < -0.3 is 10.1 Å². The number of carbonyl (C=O) groups is 1. The summed E-state index contributed by atoms with van der Waals surface area (Å²) in [6.07, 6.45) is 4.67. The highest BCUT2D eigenvalue weighted by Crippen LogP contribution is 2.29. The lowest BCUT2D eigenvalue weighted by Gasteiger charge is -2.31. The first kappa shape index (κ1) is 13.3. The van der Waals surface area contributed by atoms with Crippen molar-refractivity contribution in [3.63, 3.8) is 0 Å². The van der Waals surface area contributed by atoms with Gasteiger partial charge in [0.15, 0.2) is 0 Å². The summed E-state index contributed by atoms with van der Waals surface area (Å²) in [4.78, 5) is 10.2. The molecule has 2 rings (SSSR count). The fourth-order valence-electron chi connectivity index (χ4n) is 1.60. The topological polar surface area (TPSA) is 38.3 Å². The molecule has 0 aromatic heterocycles. The molecular weight excluding hydrogens is 214 g/mol. The van der Waals surface area contributed by atoms with Crippen LogP contribution in [0.5, 0.6) is 5.75 Å². The molecule has 3 nitrogen and oxygen atoms in total. The number of nitrogens with one attached hydrogen (secondary N) is 1. The zero-order valence-corrected chi connectivity index (χ0v) is 10.6. The Morgan fingerprint density at radius 1 is 1.35 bits per heavy atom. The number of amides is 1. The molecule has 1 aliphatic rings. The van der Waals surface area contributed by atoms with Crippen LogP contribution in [-0.4, -0.2) is 18.6 Å². The molecule has 0 bridgehead atoms. The zero-order chi connectivity index (χ0) is 12.7. The third-order valence-electron chi connectivity index (χ3n) is 2.41. The summed E-state index contributed by atoms with van der Waals surface area (Å²) >= 11 is 0. The number of rotatable bonds is 3. The minimum atomic E-state index is -0.449. The number of para-hydroxylation sites is 1. The van der Waals surface area contributed by atoms with Crippen LogP contribution in [0.4, 0.5) is 0 Å². The summed E-state index contributed by atoms with van der Waals surface area (Å²) in [6, 6.07) is 7.83. The largest absolute Gasteiger partial charge is 0.481 e. The van der Waals surface area contributed by atoms with Crippen LogP contribution in [0.2, 0.25) is 0 Å². The zero-order valence-electron chi connectivity index (χ0n) is 10.6. The average molecular weight is 233 g/mol. The van der Waals surface area contributed by atoms with Gasteiger partial charge in [0.05, 0.1) is 6.54 Å². The van der Waals surface area contributed by atoms with Crippen molar-refractivity contribution in [2.45, 2.75) is 26.4 Å². The van der Waals surface area contributed by atoms with E-state index >= 15 is 0 Å². The Morgan fingerprint density at radius 3 is 2.76 bits per heavy atom. The van der Waals surface area contributed by atoms with Crippen molar-refractivity contribution in [1.29, 1.82) is 0 Å². The Morgan fingerprint density at radius 2 is 2.06 bits per heavy atom. The maximum absolute atomic E-state index is 10.2. The summed E-state index contributed by atoms with van der Waals surface area (Å²) in [6.45, 7) is 6.41. The van der Waals surface area contributed by atoms with E-state index in [0.717, 1.165) is 11.3 Å². The van der Waals surface area contributed by atoms with Crippen molar-refractivity contribution in [1.82, 2.24) is 5.32 Å². The van der Waals surface area contributed by atoms with E-state index < -0.39 is 5.60 Å². The number of hydrogen-bond donors (Lipinski definition) is 1. The molecule has 1 heterocycles. The van der Waals surface area contributed by atoms with Crippen LogP contribution in [0.3, 0.4) is 0 Å². The maximum atomic E-state index is 10.2. The van der Waals surface area contributed by atoms with Gasteiger partial charge in [-0.3, -0.25) is 4.79 Å². The van der Waals surface area contributed by atoms with Gasteiger partial charge in [-0.15, -0.1) is 0 Å². The fraction of sp³-hybridized carbons (Fsp3) is 0.357. The molecular formula is C14H19NO2. The first-order valence-corrected chi connectivity index (χ1v) is 5.88. The van der Waals surface area contributed by atoms with Crippen molar-refractivity contribution in [2.24, 2.45) is 0 Å². The van der Waals surface area contributed by atoms with Gasteiger partial charge in [-0.2, -0.15) is 0 Å². The highest BCUT2D eigenvalue weighted by Gasteiger charge is 2.26. The molecule has 3 heteroatoms. The average Bonchev–Trinajstić information content (AvgIpc) is 2.39. The predicted octanol–water partition coefficient (Wildman–Crippen LogP) is 2.62. The second-order valence-electron chi connectivity index (χ2n) is 3.78. The molecule has 92 valence electrons. The Bertz CT molecular complexity index is 401. The van der Waals surface area contributed by atoms with E-state index in [4.69, 9.17) is 4.74 Å². The summed E-state index contributed by atoms with van der Waals surface area (Å²) in [5.74, 6) is 0.857. The molecule has 0 saturated carbocycles. The second kappa shape index (κ2) is 6.09. The van der Waals surface area contributed by atoms with Gasteiger partial charge in [0.2, 0.25) is 6.41 Å². The molecule has 1 unspecified atom stereocenters. The molecule has 1 aliphatic heterocycles. The predicted molar refractivity (Wildman–Crippen MR) is 69.9 cm³/mol. The highest BCUT2D eigenvalue weighted by molar-refractivity contribution is 5.61. The van der Waals surface area contributed by atoms with E-state index in [9.17, 15) is 4.79 Å². The van der Waals surface area contributed by atoms with Gasteiger partial charge in [0.1, 0.15) is 11.4 Å². The van der Waals surface area contributed by atoms with Crippen LogP contribution >= 0.6 is 0 Å². The maximum Gasteiger partial charge on any atom is 0.207 e. The van der Waals surface area contributed by atoms with Crippen LogP contribution < -0.4 is 10.1 Å². The molecule has 0 aliphatic carbocycles. The summed E-state index contributed by atoms with van der Waals surface area (Å²) in [5.41, 5.74) is 0.621. The van der Waals surface area contributed by atoms with Crippen molar-refractivity contribution < 1.29 is 9.53 Å². The van der Waals surface area contributed by atoms with Gasteiger partial charge in [-0.1, -0.05) is 38.1 Å². The van der Waals surface area contributed by atoms with E-state index in [2.05, 4.69) is 5.32 Å². The Hall–Kier alpha value is -1.77. The molecule has 0 spiro atoms. The van der Waals surface area contributed by atoms with Crippen molar-refractivity contribution >= 4 is 12.5 Å². The number of fused-ring (bicyclic) bond motifs is 1. The van der Waals surface area contributed by atoms with Gasteiger partial charge in [-0.05, 0) is 19.1 Å². The molecule has 17 heavy (non-hydrogen) atoms. The van der Waals surface area contributed by atoms with Crippen molar-refractivity contribution in [3.8, 4) is 5.75 Å². The first-order valence-electron chi connectivity index (χ1n) is 5.88. The Kier molecular flexibility index (Phi) is 4.76. The third kappa shape index (κ3) is 3.34. The summed E-state index contributed by atoms with van der Waals surface area (Å²) in [7, 11) is 0. The van der Waals surface area contributed by atoms with Crippen LogP contribution in [-0.2, 0) is 4.79 Å². The van der Waals surface area contributed by atoms with Crippen LogP contribution in [0.15, 0.2) is 30.3 Å². The monoisotopic (exact) mass is 233 g/mol. The summed E-state index contributed by atoms with van der Waals surface area (Å²) < 4.78 is 5.81. The molecule has 1 atom stereocenters. The van der Waals surface area contributed by atoms with E-state index in [1.54, 1.807) is 0 Å². The third-order valence-corrected chi connectivity index (χ3v) is 2.41. The van der Waals surface area contributed by atoms with Gasteiger partial charge >= 0.3 is 0 Å². The van der Waals surface area contributed by atoms with Crippen LogP contribution in [0.25, 0.3) is 6.08 Å². The number of benzene rings is 1. The molecule has 1 aromatic rings. The number of carbonyl (C=O) groups excluding carboxylic acids is 1. The number of hydrogen-bond acceptors (Lipinski definition) is 2. The normalized spacial score (nSPS) is 20.4. The second-order valence-corrected chi connectivity index (χ2v) is 3.78. The molecule has 1 amide bonds. The smallest absolute Gasteiger partial charge is 0.207 e. The molecule has 0 radical (unpaired) electrons. The molecule has 1 N–H and O–H groups in total. The lowest BCUT2D eigenvalue weighted by atomic mass is 10.0. The fourth-order valence-corrected chi connectivity index (χ4v) is 1.60. The molecule has 0 saturated heterocycles. The lowest BCUT2D eigenvalue weighted by Crippen LogP contribution is -2.42. The molecule has 0 fully saturated rings. The first-order chi connectivity index (χ1) is 8.23. The van der Waals surface area contributed by atoms with Gasteiger partial charge in [0.25, 0.3) is 0 Å². The summed E-state index contributed by atoms with van der Waals surface area (Å²) in [5, 5.41) is 2.63.